The van der Waals surface area contributed by atoms with Gasteiger partial charge in [0.05, 0.1) is 6.61 Å². The number of fused-ring (bicyclic) bond motifs is 1. The lowest BCUT2D eigenvalue weighted by molar-refractivity contribution is -0.135. The van der Waals surface area contributed by atoms with Gasteiger partial charge in [0, 0.05) is 55.8 Å². The molecule has 2 aliphatic heterocycles. The molecule has 7 heteroatoms. The molecular weight excluding hydrogens is 418 g/mol. The van der Waals surface area contributed by atoms with Crippen molar-refractivity contribution in [3.05, 3.63) is 66.0 Å². The number of carbonyl (C=O) groups is 2. The minimum absolute atomic E-state index is 0.205. The number of rotatable bonds is 6. The van der Waals surface area contributed by atoms with Gasteiger partial charge in [-0.15, -0.1) is 0 Å². The van der Waals surface area contributed by atoms with E-state index in [4.69, 9.17) is 9.47 Å². The van der Waals surface area contributed by atoms with Crippen molar-refractivity contribution in [3.8, 4) is 5.75 Å². The average molecular weight is 448 g/mol. The molecule has 1 unspecified atom stereocenters. The van der Waals surface area contributed by atoms with Gasteiger partial charge in [-0.05, 0) is 30.0 Å². The largest absolute Gasteiger partial charge is 0.488 e. The number of piperidine rings is 1. The number of nitrogens with one attached hydrogen (secondary N) is 1. The molecule has 3 aromatic rings. The Bertz CT molecular complexity index is 1130. The van der Waals surface area contributed by atoms with Crippen molar-refractivity contribution in [2.75, 3.05) is 26.3 Å². The molecule has 2 aliphatic rings. The summed E-state index contributed by atoms with van der Waals surface area (Å²) >= 11 is 0. The SMILES string of the molecule is O=C1CCC(n2cc3cccc(OCc4ccc(CN5CCCOCC5)cc4)c3c2)C(=O)N1. The molecule has 172 valence electrons. The Labute approximate surface area is 193 Å². The zero-order valence-corrected chi connectivity index (χ0v) is 18.7. The van der Waals surface area contributed by atoms with Crippen LogP contribution in [-0.4, -0.2) is 47.6 Å². The van der Waals surface area contributed by atoms with E-state index in [2.05, 4.69) is 34.5 Å². The van der Waals surface area contributed by atoms with E-state index in [0.29, 0.717) is 19.4 Å². The second kappa shape index (κ2) is 9.77. The van der Waals surface area contributed by atoms with Gasteiger partial charge < -0.3 is 14.0 Å². The lowest BCUT2D eigenvalue weighted by Gasteiger charge is -2.22. The molecule has 5 rings (SSSR count). The van der Waals surface area contributed by atoms with Gasteiger partial charge in [0.2, 0.25) is 11.8 Å². The second-order valence-electron chi connectivity index (χ2n) is 8.78. The number of imide groups is 1. The summed E-state index contributed by atoms with van der Waals surface area (Å²) in [6.45, 7) is 5.14. The van der Waals surface area contributed by atoms with Crippen LogP contribution in [0, 0.1) is 0 Å². The van der Waals surface area contributed by atoms with E-state index in [1.165, 1.54) is 5.56 Å². The van der Waals surface area contributed by atoms with Crippen LogP contribution in [0.4, 0.5) is 0 Å². The van der Waals surface area contributed by atoms with Gasteiger partial charge in [-0.25, -0.2) is 0 Å². The third kappa shape index (κ3) is 5.10. The van der Waals surface area contributed by atoms with E-state index in [1.54, 1.807) is 0 Å². The van der Waals surface area contributed by atoms with Crippen molar-refractivity contribution >= 4 is 22.6 Å². The molecule has 7 nitrogen and oxygen atoms in total. The molecule has 1 atom stereocenters. The van der Waals surface area contributed by atoms with E-state index in [9.17, 15) is 9.59 Å². The quantitative estimate of drug-likeness (QED) is 0.587. The molecule has 0 saturated carbocycles. The summed E-state index contributed by atoms with van der Waals surface area (Å²) in [5.74, 6) is 0.331. The first kappa shape index (κ1) is 21.7. The third-order valence-electron chi connectivity index (χ3n) is 6.37. The average Bonchev–Trinajstić information content (AvgIpc) is 3.08. The lowest BCUT2D eigenvalue weighted by atomic mass is 10.1. The van der Waals surface area contributed by atoms with E-state index >= 15 is 0 Å². The Morgan fingerprint density at radius 2 is 1.85 bits per heavy atom. The maximum absolute atomic E-state index is 12.3. The van der Waals surface area contributed by atoms with Crippen LogP contribution in [0.15, 0.2) is 54.9 Å². The monoisotopic (exact) mass is 447 g/mol. The molecule has 1 N–H and O–H groups in total. The molecule has 0 aliphatic carbocycles. The Morgan fingerprint density at radius 1 is 1.00 bits per heavy atom. The number of ether oxygens (including phenoxy) is 2. The minimum atomic E-state index is -0.369. The Morgan fingerprint density at radius 3 is 2.70 bits per heavy atom. The number of benzene rings is 2. The predicted molar refractivity (Wildman–Crippen MR) is 125 cm³/mol. The van der Waals surface area contributed by atoms with E-state index in [0.717, 1.165) is 61.4 Å². The normalized spacial score (nSPS) is 19.9. The Kier molecular flexibility index (Phi) is 6.41. The van der Waals surface area contributed by atoms with Gasteiger partial charge in [-0.2, -0.15) is 0 Å². The van der Waals surface area contributed by atoms with Gasteiger partial charge in [0.1, 0.15) is 18.4 Å². The molecule has 2 saturated heterocycles. The summed E-state index contributed by atoms with van der Waals surface area (Å²) in [4.78, 5) is 26.2. The van der Waals surface area contributed by atoms with Crippen molar-refractivity contribution in [2.45, 2.75) is 38.5 Å². The number of nitrogens with zero attached hydrogens (tertiary/aromatic N) is 2. The second-order valence-corrected chi connectivity index (χ2v) is 8.78. The van der Waals surface area contributed by atoms with Crippen molar-refractivity contribution in [1.82, 2.24) is 14.8 Å². The number of aromatic nitrogens is 1. The summed E-state index contributed by atoms with van der Waals surface area (Å²) in [5.41, 5.74) is 2.41. The first-order valence-electron chi connectivity index (χ1n) is 11.6. The standard InChI is InChI=1S/C26H29N3O4/c30-25-10-9-23(26(31)27-25)29-16-21-3-1-4-24(22(21)17-29)33-18-20-7-5-19(6-8-20)15-28-11-2-13-32-14-12-28/h1,3-8,16-17,23H,2,9-15,18H2,(H,27,30,31). The fraction of sp³-hybridized carbons (Fsp3) is 0.385. The minimum Gasteiger partial charge on any atom is -0.488 e. The molecule has 1 aromatic heterocycles. The molecule has 33 heavy (non-hydrogen) atoms. The Hall–Kier alpha value is -3.16. The van der Waals surface area contributed by atoms with Gasteiger partial charge in [-0.1, -0.05) is 36.4 Å². The maximum atomic E-state index is 12.3. The number of hydrogen-bond acceptors (Lipinski definition) is 5. The van der Waals surface area contributed by atoms with Crippen LogP contribution in [0.25, 0.3) is 10.8 Å². The highest BCUT2D eigenvalue weighted by molar-refractivity contribution is 6.00. The number of carbonyl (C=O) groups excluding carboxylic acids is 2. The van der Waals surface area contributed by atoms with Gasteiger partial charge in [0.15, 0.2) is 0 Å². The summed E-state index contributed by atoms with van der Waals surface area (Å²) < 4.78 is 13.6. The molecule has 0 bridgehead atoms. The molecule has 3 heterocycles. The van der Waals surface area contributed by atoms with Crippen molar-refractivity contribution in [2.24, 2.45) is 0 Å². The molecule has 2 aromatic carbocycles. The molecule has 2 amide bonds. The first-order chi connectivity index (χ1) is 16.2. The number of hydrogen-bond donors (Lipinski definition) is 1. The fourth-order valence-electron chi connectivity index (χ4n) is 4.55. The first-order valence-corrected chi connectivity index (χ1v) is 11.6. The van der Waals surface area contributed by atoms with Crippen LogP contribution in [-0.2, 0) is 27.5 Å². The maximum Gasteiger partial charge on any atom is 0.249 e. The Balaban J connectivity index is 1.24. The van der Waals surface area contributed by atoms with E-state index in [1.807, 2.05) is 35.2 Å². The smallest absolute Gasteiger partial charge is 0.249 e. The van der Waals surface area contributed by atoms with Crippen molar-refractivity contribution < 1.29 is 19.1 Å². The highest BCUT2D eigenvalue weighted by Gasteiger charge is 2.28. The van der Waals surface area contributed by atoms with Crippen LogP contribution < -0.4 is 10.1 Å². The molecule has 0 spiro atoms. The van der Waals surface area contributed by atoms with Crippen LogP contribution in [0.2, 0.25) is 0 Å². The summed E-state index contributed by atoms with van der Waals surface area (Å²) in [6.07, 6.45) is 5.85. The van der Waals surface area contributed by atoms with Gasteiger partial charge in [0.25, 0.3) is 0 Å². The third-order valence-corrected chi connectivity index (χ3v) is 6.37. The zero-order valence-electron chi connectivity index (χ0n) is 18.7. The van der Waals surface area contributed by atoms with Crippen LogP contribution in [0.3, 0.4) is 0 Å². The van der Waals surface area contributed by atoms with Crippen molar-refractivity contribution in [3.63, 3.8) is 0 Å². The summed E-state index contributed by atoms with van der Waals surface area (Å²) in [7, 11) is 0. The van der Waals surface area contributed by atoms with Crippen molar-refractivity contribution in [1.29, 1.82) is 0 Å². The fourth-order valence-corrected chi connectivity index (χ4v) is 4.55. The highest BCUT2D eigenvalue weighted by Crippen LogP contribution is 2.30. The summed E-state index contributed by atoms with van der Waals surface area (Å²) in [6, 6.07) is 14.1. The molecular formula is C26H29N3O4. The van der Waals surface area contributed by atoms with Gasteiger partial charge in [-0.3, -0.25) is 19.8 Å². The van der Waals surface area contributed by atoms with E-state index < -0.39 is 0 Å². The molecule has 2 fully saturated rings. The molecule has 0 radical (unpaired) electrons. The topological polar surface area (TPSA) is 72.8 Å². The predicted octanol–water partition coefficient (Wildman–Crippen LogP) is 3.42. The van der Waals surface area contributed by atoms with Crippen LogP contribution >= 0.6 is 0 Å². The van der Waals surface area contributed by atoms with E-state index in [-0.39, 0.29) is 17.9 Å². The highest BCUT2D eigenvalue weighted by atomic mass is 16.5. The van der Waals surface area contributed by atoms with Gasteiger partial charge >= 0.3 is 0 Å². The zero-order chi connectivity index (χ0) is 22.6. The summed E-state index contributed by atoms with van der Waals surface area (Å²) in [5, 5.41) is 4.40. The number of amides is 2. The van der Waals surface area contributed by atoms with Crippen LogP contribution in [0.1, 0.15) is 36.4 Å². The van der Waals surface area contributed by atoms with Crippen LogP contribution in [0.5, 0.6) is 5.75 Å². The lowest BCUT2D eigenvalue weighted by Crippen LogP contribution is -2.41.